The number of hydrogen-bond donors (Lipinski definition) is 3. The Morgan fingerprint density at radius 3 is 2.71 bits per heavy atom. The second-order valence-corrected chi connectivity index (χ2v) is 6.24. The van der Waals surface area contributed by atoms with E-state index < -0.39 is 0 Å². The second kappa shape index (κ2) is 8.47. The van der Waals surface area contributed by atoms with E-state index in [2.05, 4.69) is 35.2 Å². The summed E-state index contributed by atoms with van der Waals surface area (Å²) in [6, 6.07) is 6.01. The zero-order valence-corrected chi connectivity index (χ0v) is 15.0. The lowest BCUT2D eigenvalue weighted by Crippen LogP contribution is -2.33. The van der Waals surface area contributed by atoms with E-state index in [0.717, 1.165) is 54.0 Å². The predicted molar refractivity (Wildman–Crippen MR) is 99.1 cm³/mol. The number of aromatic amines is 1. The molecule has 4 N–H and O–H groups in total. The maximum Gasteiger partial charge on any atom is 0.188 e. The molecule has 0 fully saturated rings. The average molecular weight is 332 g/mol. The van der Waals surface area contributed by atoms with Crippen molar-refractivity contribution in [1.29, 1.82) is 0 Å². The SMILES string of the molecule is COc1cc(OC)c2cc(CCCNC(N)=NCC(C)C)[nH]c2c1. The number of fused-ring (bicyclic) bond motifs is 1. The van der Waals surface area contributed by atoms with Gasteiger partial charge in [-0.25, -0.2) is 0 Å². The van der Waals surface area contributed by atoms with Crippen LogP contribution in [0.5, 0.6) is 11.5 Å². The molecule has 0 unspecified atom stereocenters. The molecule has 2 aromatic rings. The number of benzene rings is 1. The molecule has 0 spiro atoms. The van der Waals surface area contributed by atoms with E-state index in [1.807, 2.05) is 12.1 Å². The lowest BCUT2D eigenvalue weighted by atomic mass is 10.2. The summed E-state index contributed by atoms with van der Waals surface area (Å²) in [5, 5.41) is 4.22. The van der Waals surface area contributed by atoms with Gasteiger partial charge in [-0.2, -0.15) is 0 Å². The average Bonchev–Trinajstić information content (AvgIpc) is 2.98. The summed E-state index contributed by atoms with van der Waals surface area (Å²) < 4.78 is 10.7. The van der Waals surface area contributed by atoms with Gasteiger partial charge in [0.05, 0.1) is 19.7 Å². The summed E-state index contributed by atoms with van der Waals surface area (Å²) in [5.74, 6) is 2.63. The van der Waals surface area contributed by atoms with Crippen molar-refractivity contribution in [3.8, 4) is 11.5 Å². The van der Waals surface area contributed by atoms with Crippen molar-refractivity contribution >= 4 is 16.9 Å². The normalized spacial score (nSPS) is 12.0. The highest BCUT2D eigenvalue weighted by Gasteiger charge is 2.09. The standard InChI is InChI=1S/C18H28N4O2/c1-12(2)11-21-18(19)20-7-5-6-13-8-15-16(22-13)9-14(23-3)10-17(15)24-4/h8-10,12,22H,5-7,11H2,1-4H3,(H3,19,20,21). The Morgan fingerprint density at radius 1 is 1.25 bits per heavy atom. The van der Waals surface area contributed by atoms with Gasteiger partial charge < -0.3 is 25.5 Å². The Balaban J connectivity index is 1.93. The minimum absolute atomic E-state index is 0.517. The molecule has 1 aromatic carbocycles. The third-order valence-electron chi connectivity index (χ3n) is 3.74. The van der Waals surface area contributed by atoms with Gasteiger partial charge in [0.25, 0.3) is 0 Å². The highest BCUT2D eigenvalue weighted by Crippen LogP contribution is 2.31. The van der Waals surface area contributed by atoms with Crippen molar-refractivity contribution < 1.29 is 9.47 Å². The summed E-state index contributed by atoms with van der Waals surface area (Å²) in [5.41, 5.74) is 8.02. The van der Waals surface area contributed by atoms with Crippen LogP contribution in [-0.2, 0) is 6.42 Å². The van der Waals surface area contributed by atoms with E-state index in [9.17, 15) is 0 Å². The van der Waals surface area contributed by atoms with E-state index >= 15 is 0 Å². The molecule has 2 rings (SSSR count). The molecule has 0 amide bonds. The first kappa shape index (κ1) is 18.0. The molecule has 6 nitrogen and oxygen atoms in total. The Morgan fingerprint density at radius 2 is 2.04 bits per heavy atom. The first-order valence-electron chi connectivity index (χ1n) is 8.31. The number of aliphatic imine (C=N–C) groups is 1. The van der Waals surface area contributed by atoms with E-state index in [1.165, 1.54) is 0 Å². The number of aryl methyl sites for hydroxylation is 1. The molecule has 24 heavy (non-hydrogen) atoms. The van der Waals surface area contributed by atoms with Gasteiger partial charge in [0.15, 0.2) is 5.96 Å². The van der Waals surface area contributed by atoms with Crippen molar-refractivity contribution in [2.45, 2.75) is 26.7 Å². The summed E-state index contributed by atoms with van der Waals surface area (Å²) in [7, 11) is 3.32. The molecule has 0 aliphatic carbocycles. The number of aromatic nitrogens is 1. The van der Waals surface area contributed by atoms with E-state index in [1.54, 1.807) is 14.2 Å². The minimum atomic E-state index is 0.517. The van der Waals surface area contributed by atoms with Crippen LogP contribution < -0.4 is 20.5 Å². The first-order chi connectivity index (χ1) is 11.5. The fourth-order valence-corrected chi connectivity index (χ4v) is 2.49. The van der Waals surface area contributed by atoms with Crippen molar-refractivity contribution in [3.05, 3.63) is 23.9 Å². The third-order valence-corrected chi connectivity index (χ3v) is 3.74. The lowest BCUT2D eigenvalue weighted by molar-refractivity contribution is 0.398. The maximum absolute atomic E-state index is 5.83. The molecule has 6 heteroatoms. The van der Waals surface area contributed by atoms with Gasteiger partial charge in [-0.05, 0) is 24.8 Å². The van der Waals surface area contributed by atoms with Crippen LogP contribution in [0.4, 0.5) is 0 Å². The van der Waals surface area contributed by atoms with Gasteiger partial charge in [0, 0.05) is 36.3 Å². The topological polar surface area (TPSA) is 84.7 Å². The smallest absolute Gasteiger partial charge is 0.188 e. The zero-order chi connectivity index (χ0) is 17.5. The summed E-state index contributed by atoms with van der Waals surface area (Å²) in [4.78, 5) is 7.71. The van der Waals surface area contributed by atoms with Crippen molar-refractivity contribution in [3.63, 3.8) is 0 Å². The number of guanidine groups is 1. The van der Waals surface area contributed by atoms with Crippen LogP contribution in [0, 0.1) is 5.92 Å². The molecule has 0 bridgehead atoms. The summed E-state index contributed by atoms with van der Waals surface area (Å²) in [6.45, 7) is 5.79. The molecule has 0 radical (unpaired) electrons. The third kappa shape index (κ3) is 4.81. The summed E-state index contributed by atoms with van der Waals surface area (Å²) >= 11 is 0. The largest absolute Gasteiger partial charge is 0.497 e. The van der Waals surface area contributed by atoms with Gasteiger partial charge >= 0.3 is 0 Å². The molecule has 132 valence electrons. The number of rotatable bonds is 8. The van der Waals surface area contributed by atoms with E-state index in [4.69, 9.17) is 15.2 Å². The van der Waals surface area contributed by atoms with Gasteiger partial charge in [0.1, 0.15) is 11.5 Å². The fraction of sp³-hybridized carbons (Fsp3) is 0.500. The number of methoxy groups -OCH3 is 2. The number of ether oxygens (including phenoxy) is 2. The Labute approximate surface area is 143 Å². The number of nitrogens with two attached hydrogens (primary N) is 1. The van der Waals surface area contributed by atoms with Gasteiger partial charge in [-0.15, -0.1) is 0 Å². The van der Waals surface area contributed by atoms with Crippen LogP contribution in [0.15, 0.2) is 23.2 Å². The number of nitrogens with one attached hydrogen (secondary N) is 2. The van der Waals surface area contributed by atoms with Crippen LogP contribution in [0.25, 0.3) is 10.9 Å². The quantitative estimate of drug-likeness (QED) is 0.394. The molecular formula is C18H28N4O2. The lowest BCUT2D eigenvalue weighted by Gasteiger charge is -2.06. The van der Waals surface area contributed by atoms with Crippen LogP contribution in [0.1, 0.15) is 26.0 Å². The molecule has 0 aliphatic rings. The molecule has 0 saturated heterocycles. The minimum Gasteiger partial charge on any atom is -0.497 e. The molecule has 1 aromatic heterocycles. The number of hydrogen-bond acceptors (Lipinski definition) is 3. The van der Waals surface area contributed by atoms with Gasteiger partial charge in [-0.3, -0.25) is 4.99 Å². The van der Waals surface area contributed by atoms with Crippen molar-refractivity contribution in [1.82, 2.24) is 10.3 Å². The van der Waals surface area contributed by atoms with Crippen LogP contribution in [-0.4, -0.2) is 38.3 Å². The summed E-state index contributed by atoms with van der Waals surface area (Å²) in [6.07, 6.45) is 1.88. The number of nitrogens with zero attached hydrogens (tertiary/aromatic N) is 1. The predicted octanol–water partition coefficient (Wildman–Crippen LogP) is 2.68. The molecule has 1 heterocycles. The van der Waals surface area contributed by atoms with Crippen molar-refractivity contribution in [2.24, 2.45) is 16.6 Å². The highest BCUT2D eigenvalue weighted by atomic mass is 16.5. The monoisotopic (exact) mass is 332 g/mol. The van der Waals surface area contributed by atoms with Crippen LogP contribution in [0.2, 0.25) is 0 Å². The van der Waals surface area contributed by atoms with E-state index in [0.29, 0.717) is 11.9 Å². The molecule has 0 saturated carbocycles. The van der Waals surface area contributed by atoms with Crippen LogP contribution in [0.3, 0.4) is 0 Å². The van der Waals surface area contributed by atoms with Crippen molar-refractivity contribution in [2.75, 3.05) is 27.3 Å². The zero-order valence-electron chi connectivity index (χ0n) is 15.0. The maximum atomic E-state index is 5.83. The second-order valence-electron chi connectivity index (χ2n) is 6.24. The molecule has 0 atom stereocenters. The van der Waals surface area contributed by atoms with E-state index in [-0.39, 0.29) is 0 Å². The van der Waals surface area contributed by atoms with Crippen LogP contribution >= 0.6 is 0 Å². The molecular weight excluding hydrogens is 304 g/mol. The highest BCUT2D eigenvalue weighted by molar-refractivity contribution is 5.88. The van der Waals surface area contributed by atoms with Gasteiger partial charge in [-0.1, -0.05) is 13.8 Å². The Bertz CT molecular complexity index is 692. The number of H-pyrrole nitrogens is 1. The first-order valence-corrected chi connectivity index (χ1v) is 8.31. The Hall–Kier alpha value is -2.37. The van der Waals surface area contributed by atoms with Gasteiger partial charge in [0.2, 0.25) is 0 Å². The molecule has 0 aliphatic heterocycles. The Kier molecular flexibility index (Phi) is 6.35. The fourth-order valence-electron chi connectivity index (χ4n) is 2.49.